The van der Waals surface area contributed by atoms with Crippen molar-refractivity contribution < 1.29 is 4.79 Å². The van der Waals surface area contributed by atoms with Gasteiger partial charge in [0.25, 0.3) is 5.91 Å². The fraction of sp³-hybridized carbons (Fsp3) is 0.588. The predicted octanol–water partition coefficient (Wildman–Crippen LogP) is 2.47. The van der Waals surface area contributed by atoms with E-state index in [2.05, 4.69) is 43.4 Å². The van der Waals surface area contributed by atoms with Crippen molar-refractivity contribution in [1.82, 2.24) is 25.4 Å². The van der Waals surface area contributed by atoms with Crippen LogP contribution < -0.4 is 10.6 Å². The lowest BCUT2D eigenvalue weighted by atomic mass is 10.0. The van der Waals surface area contributed by atoms with Gasteiger partial charge >= 0.3 is 0 Å². The summed E-state index contributed by atoms with van der Waals surface area (Å²) >= 11 is 0. The maximum atomic E-state index is 12.6. The average molecular weight is 317 g/mol. The minimum atomic E-state index is -0.0790. The van der Waals surface area contributed by atoms with Crippen LogP contribution in [0.1, 0.15) is 62.6 Å². The predicted molar refractivity (Wildman–Crippen MR) is 92.9 cm³/mol. The van der Waals surface area contributed by atoms with Gasteiger partial charge in [0.1, 0.15) is 0 Å². The molecule has 2 heterocycles. The summed E-state index contributed by atoms with van der Waals surface area (Å²) in [5.74, 6) is 0.169. The van der Waals surface area contributed by atoms with Crippen LogP contribution in [0.25, 0.3) is 11.0 Å². The fourth-order valence-corrected chi connectivity index (χ4v) is 2.34. The highest BCUT2D eigenvalue weighted by atomic mass is 16.1. The second kappa shape index (κ2) is 7.08. The summed E-state index contributed by atoms with van der Waals surface area (Å²) < 4.78 is 1.87. The van der Waals surface area contributed by atoms with Crippen LogP contribution in [0.3, 0.4) is 0 Å². The SMILES string of the molecule is CNC(C)CNC(=O)c1cc(C(C)C)nc2c1cnn2C(C)C. The van der Waals surface area contributed by atoms with Crippen molar-refractivity contribution in [3.05, 3.63) is 23.5 Å². The number of nitrogens with one attached hydrogen (secondary N) is 2. The number of aromatic nitrogens is 3. The van der Waals surface area contributed by atoms with Gasteiger partial charge in [-0.05, 0) is 39.8 Å². The van der Waals surface area contributed by atoms with Crippen molar-refractivity contribution in [2.75, 3.05) is 13.6 Å². The van der Waals surface area contributed by atoms with E-state index in [9.17, 15) is 4.79 Å². The molecule has 126 valence electrons. The van der Waals surface area contributed by atoms with Gasteiger partial charge in [0.2, 0.25) is 0 Å². The number of fused-ring (bicyclic) bond motifs is 1. The van der Waals surface area contributed by atoms with Crippen LogP contribution in [-0.2, 0) is 0 Å². The largest absolute Gasteiger partial charge is 0.350 e. The number of amides is 1. The lowest BCUT2D eigenvalue weighted by molar-refractivity contribution is 0.0952. The van der Waals surface area contributed by atoms with Crippen LogP contribution in [-0.4, -0.2) is 40.3 Å². The molecule has 0 radical (unpaired) electrons. The van der Waals surface area contributed by atoms with E-state index < -0.39 is 0 Å². The Labute approximate surface area is 137 Å². The van der Waals surface area contributed by atoms with Gasteiger partial charge in [-0.25, -0.2) is 9.67 Å². The van der Waals surface area contributed by atoms with E-state index in [1.165, 1.54) is 0 Å². The topological polar surface area (TPSA) is 71.8 Å². The molecule has 2 rings (SSSR count). The van der Waals surface area contributed by atoms with Gasteiger partial charge in [-0.2, -0.15) is 5.10 Å². The van der Waals surface area contributed by atoms with Gasteiger partial charge in [-0.15, -0.1) is 0 Å². The molecule has 1 unspecified atom stereocenters. The average Bonchev–Trinajstić information content (AvgIpc) is 2.95. The molecule has 0 aromatic carbocycles. The maximum absolute atomic E-state index is 12.6. The Morgan fingerprint density at radius 2 is 1.96 bits per heavy atom. The molecule has 2 N–H and O–H groups in total. The monoisotopic (exact) mass is 317 g/mol. The number of hydrogen-bond donors (Lipinski definition) is 2. The summed E-state index contributed by atoms with van der Waals surface area (Å²) in [5, 5.41) is 11.3. The third-order valence-corrected chi connectivity index (χ3v) is 3.97. The zero-order chi connectivity index (χ0) is 17.1. The van der Waals surface area contributed by atoms with Crippen LogP contribution in [0, 0.1) is 0 Å². The molecule has 6 nitrogen and oxygen atoms in total. The van der Waals surface area contributed by atoms with Crippen molar-refractivity contribution >= 4 is 16.9 Å². The number of hydrogen-bond acceptors (Lipinski definition) is 4. The molecule has 6 heteroatoms. The highest BCUT2D eigenvalue weighted by Gasteiger charge is 2.19. The van der Waals surface area contributed by atoms with E-state index in [-0.39, 0.29) is 23.9 Å². The summed E-state index contributed by atoms with van der Waals surface area (Å²) in [5.41, 5.74) is 2.33. The van der Waals surface area contributed by atoms with E-state index in [0.717, 1.165) is 16.7 Å². The van der Waals surface area contributed by atoms with Crippen LogP contribution in [0.4, 0.5) is 0 Å². The summed E-state index contributed by atoms with van der Waals surface area (Å²) in [6.45, 7) is 10.9. The van der Waals surface area contributed by atoms with Gasteiger partial charge in [0, 0.05) is 24.3 Å². The standard InChI is InChI=1S/C17H27N5O/c1-10(2)15-7-13(17(23)19-8-12(5)18-6)14-9-20-22(11(3)4)16(14)21-15/h7,9-12,18H,8H2,1-6H3,(H,19,23). The third-order valence-electron chi connectivity index (χ3n) is 3.97. The van der Waals surface area contributed by atoms with E-state index in [4.69, 9.17) is 4.98 Å². The molecule has 1 amide bonds. The molecule has 23 heavy (non-hydrogen) atoms. The molecule has 0 bridgehead atoms. The summed E-state index contributed by atoms with van der Waals surface area (Å²) in [6.07, 6.45) is 1.74. The first kappa shape index (κ1) is 17.4. The van der Waals surface area contributed by atoms with Gasteiger partial charge in [-0.3, -0.25) is 4.79 Å². The van der Waals surface area contributed by atoms with E-state index in [0.29, 0.717) is 12.1 Å². The van der Waals surface area contributed by atoms with Crippen molar-refractivity contribution in [2.24, 2.45) is 0 Å². The van der Waals surface area contributed by atoms with Crippen LogP contribution in [0.2, 0.25) is 0 Å². The van der Waals surface area contributed by atoms with Crippen molar-refractivity contribution in [3.63, 3.8) is 0 Å². The van der Waals surface area contributed by atoms with Crippen molar-refractivity contribution in [3.8, 4) is 0 Å². The zero-order valence-corrected chi connectivity index (χ0v) is 14.8. The molecule has 2 aromatic rings. The van der Waals surface area contributed by atoms with Crippen LogP contribution >= 0.6 is 0 Å². The molecule has 0 aliphatic rings. The van der Waals surface area contributed by atoms with Gasteiger partial charge < -0.3 is 10.6 Å². The molecule has 0 aliphatic heterocycles. The number of nitrogens with zero attached hydrogens (tertiary/aromatic N) is 3. The van der Waals surface area contributed by atoms with Crippen LogP contribution in [0.5, 0.6) is 0 Å². The molecule has 0 spiro atoms. The fourth-order valence-electron chi connectivity index (χ4n) is 2.34. The van der Waals surface area contributed by atoms with E-state index in [1.54, 1.807) is 6.20 Å². The Hall–Kier alpha value is -1.95. The summed E-state index contributed by atoms with van der Waals surface area (Å²) in [6, 6.07) is 2.31. The number of carbonyl (C=O) groups excluding carboxylic acids is 1. The first-order valence-electron chi connectivity index (χ1n) is 8.18. The quantitative estimate of drug-likeness (QED) is 0.858. The Morgan fingerprint density at radius 1 is 1.26 bits per heavy atom. The minimum absolute atomic E-state index is 0.0790. The third kappa shape index (κ3) is 3.69. The smallest absolute Gasteiger partial charge is 0.252 e. The molecule has 2 aromatic heterocycles. The first-order chi connectivity index (χ1) is 10.8. The second-order valence-electron chi connectivity index (χ2n) is 6.57. The zero-order valence-electron chi connectivity index (χ0n) is 14.8. The van der Waals surface area contributed by atoms with E-state index in [1.807, 2.05) is 24.7 Å². The molecule has 0 saturated carbocycles. The Kier molecular flexibility index (Phi) is 5.36. The Morgan fingerprint density at radius 3 is 2.52 bits per heavy atom. The van der Waals surface area contributed by atoms with Crippen molar-refractivity contribution in [2.45, 2.75) is 52.6 Å². The van der Waals surface area contributed by atoms with Crippen LogP contribution in [0.15, 0.2) is 12.3 Å². The van der Waals surface area contributed by atoms with Gasteiger partial charge in [0.05, 0.1) is 17.1 Å². The molecule has 0 saturated heterocycles. The highest BCUT2D eigenvalue weighted by Crippen LogP contribution is 2.24. The summed E-state index contributed by atoms with van der Waals surface area (Å²) in [7, 11) is 1.88. The lowest BCUT2D eigenvalue weighted by Gasteiger charge is -2.14. The number of pyridine rings is 1. The van der Waals surface area contributed by atoms with Gasteiger partial charge in [0.15, 0.2) is 5.65 Å². The second-order valence-corrected chi connectivity index (χ2v) is 6.57. The normalized spacial score (nSPS) is 13.0. The molecule has 1 atom stereocenters. The Balaban J connectivity index is 2.47. The van der Waals surface area contributed by atoms with Gasteiger partial charge in [-0.1, -0.05) is 13.8 Å². The molecular weight excluding hydrogens is 290 g/mol. The molecule has 0 fully saturated rings. The Bertz CT molecular complexity index is 690. The number of rotatable bonds is 6. The van der Waals surface area contributed by atoms with Crippen molar-refractivity contribution in [1.29, 1.82) is 0 Å². The van der Waals surface area contributed by atoms with E-state index >= 15 is 0 Å². The number of carbonyl (C=O) groups is 1. The highest BCUT2D eigenvalue weighted by molar-refractivity contribution is 6.05. The summed E-state index contributed by atoms with van der Waals surface area (Å²) in [4.78, 5) is 17.3. The maximum Gasteiger partial charge on any atom is 0.252 e. The molecular formula is C17H27N5O. The first-order valence-corrected chi connectivity index (χ1v) is 8.18. The minimum Gasteiger partial charge on any atom is -0.350 e. The molecule has 0 aliphatic carbocycles. The lowest BCUT2D eigenvalue weighted by Crippen LogP contribution is -2.37. The number of likely N-dealkylation sites (N-methyl/N-ethyl adjacent to an activating group) is 1.